The van der Waals surface area contributed by atoms with Crippen LogP contribution in [0.5, 0.6) is 0 Å². The van der Waals surface area contributed by atoms with Crippen LogP contribution < -0.4 is 5.32 Å². The fraction of sp³-hybridized carbons (Fsp3) is 0.750. The van der Waals surface area contributed by atoms with Gasteiger partial charge in [-0.1, -0.05) is 189 Å². The van der Waals surface area contributed by atoms with Gasteiger partial charge >= 0.3 is 0 Å². The second-order valence-electron chi connectivity index (χ2n) is 16.9. The first-order valence-electron chi connectivity index (χ1n) is 24.7. The number of rotatable bonds is 40. The number of unbranched alkanes of at least 4 members (excludes halogenated alkanes) is 20. The predicted octanol–water partition coefficient (Wildman–Crippen LogP) is 10.9. The largest absolute Gasteiger partial charge is 0.394 e. The van der Waals surface area contributed by atoms with Crippen molar-refractivity contribution in [3.63, 3.8) is 0 Å². The summed E-state index contributed by atoms with van der Waals surface area (Å²) >= 11 is 0. The van der Waals surface area contributed by atoms with E-state index in [4.69, 9.17) is 9.47 Å². The lowest BCUT2D eigenvalue weighted by molar-refractivity contribution is -0.302. The number of nitrogens with one attached hydrogen (secondary N) is 1. The summed E-state index contributed by atoms with van der Waals surface area (Å²) in [5.41, 5.74) is 0. The van der Waals surface area contributed by atoms with Gasteiger partial charge in [0.25, 0.3) is 0 Å². The fourth-order valence-corrected chi connectivity index (χ4v) is 7.34. The Morgan fingerprint density at radius 1 is 0.574 bits per heavy atom. The Bertz CT molecular complexity index is 1180. The van der Waals surface area contributed by atoms with E-state index in [1.165, 1.54) is 109 Å². The molecule has 6 N–H and O–H groups in total. The zero-order valence-electron chi connectivity index (χ0n) is 38.6. The molecular weight excluding hydrogens is 767 g/mol. The third kappa shape index (κ3) is 32.0. The van der Waals surface area contributed by atoms with E-state index in [1.807, 2.05) is 6.08 Å². The standard InChI is InChI=1S/C52H91NO8/c1-3-5-7-9-11-13-15-17-18-19-20-21-22-23-24-25-26-27-28-30-32-34-36-38-40-42-48(56)53-45(44-60-52-51(59)50(58)49(57)47(43-54)61-52)46(55)41-39-37-35-33-31-29-16-14-12-10-8-6-4-2/h5,7,11,13,17-18,20-21,31,33,39,41,45-47,49-52,54-55,57-59H,3-4,6,8-10,12,14-16,19,22-30,32,34-38,40,42-44H2,1-2H3,(H,53,56)/b7-5-,13-11-,18-17-,21-20-,33-31+,41-39+. The molecule has 1 aliphatic rings. The van der Waals surface area contributed by atoms with Crippen molar-refractivity contribution in [1.82, 2.24) is 5.32 Å². The van der Waals surface area contributed by atoms with Crippen LogP contribution in [0.2, 0.25) is 0 Å². The van der Waals surface area contributed by atoms with Crippen molar-refractivity contribution in [2.24, 2.45) is 0 Å². The van der Waals surface area contributed by atoms with E-state index in [9.17, 15) is 30.3 Å². The number of carbonyl (C=O) groups is 1. The van der Waals surface area contributed by atoms with Crippen molar-refractivity contribution < 1.29 is 39.8 Å². The summed E-state index contributed by atoms with van der Waals surface area (Å²) in [6.45, 7) is 3.62. The Kier molecular flexibility index (Phi) is 38.7. The molecule has 9 heteroatoms. The molecule has 0 bridgehead atoms. The molecule has 1 saturated heterocycles. The molecule has 7 atom stereocenters. The zero-order valence-corrected chi connectivity index (χ0v) is 38.6. The van der Waals surface area contributed by atoms with Crippen LogP contribution in [0.3, 0.4) is 0 Å². The normalized spacial score (nSPS) is 21.1. The van der Waals surface area contributed by atoms with Crippen LogP contribution in [0.25, 0.3) is 0 Å². The quantitative estimate of drug-likeness (QED) is 0.0264. The van der Waals surface area contributed by atoms with Gasteiger partial charge in [0.05, 0.1) is 25.4 Å². The first kappa shape index (κ1) is 56.6. The van der Waals surface area contributed by atoms with Crippen LogP contribution in [0.15, 0.2) is 72.9 Å². The van der Waals surface area contributed by atoms with Gasteiger partial charge in [0.15, 0.2) is 6.29 Å². The van der Waals surface area contributed by atoms with Crippen LogP contribution in [0.1, 0.15) is 194 Å². The molecule has 0 spiro atoms. The Morgan fingerprint density at radius 3 is 1.57 bits per heavy atom. The van der Waals surface area contributed by atoms with Gasteiger partial charge in [-0.3, -0.25) is 4.79 Å². The number of aliphatic hydroxyl groups is 5. The molecule has 1 fully saturated rings. The van der Waals surface area contributed by atoms with E-state index in [0.29, 0.717) is 6.42 Å². The maximum absolute atomic E-state index is 13.0. The molecule has 1 heterocycles. The predicted molar refractivity (Wildman–Crippen MR) is 253 cm³/mol. The molecule has 1 amide bonds. The topological polar surface area (TPSA) is 149 Å². The fourth-order valence-electron chi connectivity index (χ4n) is 7.34. The highest BCUT2D eigenvalue weighted by Gasteiger charge is 2.44. The summed E-state index contributed by atoms with van der Waals surface area (Å²) in [6.07, 6.45) is 49.5. The molecule has 61 heavy (non-hydrogen) atoms. The molecule has 0 saturated carbocycles. The first-order valence-corrected chi connectivity index (χ1v) is 24.7. The number of aliphatic hydroxyl groups excluding tert-OH is 5. The van der Waals surface area contributed by atoms with Gasteiger partial charge in [-0.25, -0.2) is 0 Å². The number of hydrogen-bond donors (Lipinski definition) is 6. The maximum atomic E-state index is 13.0. The summed E-state index contributed by atoms with van der Waals surface area (Å²) < 4.78 is 11.2. The average molecular weight is 858 g/mol. The van der Waals surface area contributed by atoms with Crippen molar-refractivity contribution in [2.45, 2.75) is 236 Å². The van der Waals surface area contributed by atoms with E-state index in [-0.39, 0.29) is 12.5 Å². The molecule has 0 aromatic rings. The van der Waals surface area contributed by atoms with Crippen LogP contribution in [0, 0.1) is 0 Å². The molecule has 0 aliphatic carbocycles. The third-order valence-corrected chi connectivity index (χ3v) is 11.3. The smallest absolute Gasteiger partial charge is 0.220 e. The van der Waals surface area contributed by atoms with Crippen molar-refractivity contribution in [1.29, 1.82) is 0 Å². The Labute approximate surface area is 372 Å². The highest BCUT2D eigenvalue weighted by atomic mass is 16.7. The van der Waals surface area contributed by atoms with Gasteiger partial charge in [-0.05, 0) is 70.6 Å². The first-order chi connectivity index (χ1) is 29.8. The number of hydrogen-bond acceptors (Lipinski definition) is 8. The van der Waals surface area contributed by atoms with Crippen LogP contribution in [0.4, 0.5) is 0 Å². The van der Waals surface area contributed by atoms with Gasteiger partial charge in [-0.2, -0.15) is 0 Å². The summed E-state index contributed by atoms with van der Waals surface area (Å²) in [7, 11) is 0. The second kappa shape index (κ2) is 41.6. The molecule has 1 aliphatic heterocycles. The van der Waals surface area contributed by atoms with Gasteiger partial charge in [-0.15, -0.1) is 0 Å². The minimum atomic E-state index is -1.57. The van der Waals surface area contributed by atoms with Gasteiger partial charge in [0, 0.05) is 6.42 Å². The molecule has 0 aromatic carbocycles. The third-order valence-electron chi connectivity index (χ3n) is 11.3. The van der Waals surface area contributed by atoms with Gasteiger partial charge in [0.1, 0.15) is 24.4 Å². The lowest BCUT2D eigenvalue weighted by Gasteiger charge is -2.40. The number of allylic oxidation sites excluding steroid dienone is 11. The second-order valence-corrected chi connectivity index (χ2v) is 16.9. The summed E-state index contributed by atoms with van der Waals surface area (Å²) in [6, 6.07) is -0.825. The van der Waals surface area contributed by atoms with Crippen LogP contribution in [-0.4, -0.2) is 87.5 Å². The lowest BCUT2D eigenvalue weighted by Crippen LogP contribution is -2.60. The molecule has 0 aromatic heterocycles. The molecule has 1 rings (SSSR count). The summed E-state index contributed by atoms with van der Waals surface area (Å²) in [5.74, 6) is -0.193. The van der Waals surface area contributed by atoms with E-state index in [0.717, 1.165) is 64.2 Å². The minimum absolute atomic E-state index is 0.193. The Balaban J connectivity index is 2.27. The van der Waals surface area contributed by atoms with Crippen LogP contribution in [-0.2, 0) is 14.3 Å². The van der Waals surface area contributed by atoms with E-state index in [1.54, 1.807) is 6.08 Å². The maximum Gasteiger partial charge on any atom is 0.220 e. The van der Waals surface area contributed by atoms with Gasteiger partial charge in [0.2, 0.25) is 5.91 Å². The number of amides is 1. The van der Waals surface area contributed by atoms with Crippen molar-refractivity contribution in [2.75, 3.05) is 13.2 Å². The molecule has 352 valence electrons. The molecule has 0 radical (unpaired) electrons. The summed E-state index contributed by atoms with van der Waals surface area (Å²) in [5, 5.41) is 54.2. The highest BCUT2D eigenvalue weighted by molar-refractivity contribution is 5.76. The molecule has 9 nitrogen and oxygen atoms in total. The number of ether oxygens (including phenoxy) is 2. The van der Waals surface area contributed by atoms with E-state index < -0.39 is 49.5 Å². The van der Waals surface area contributed by atoms with E-state index in [2.05, 4.69) is 79.9 Å². The molecule has 7 unspecified atom stereocenters. The Morgan fingerprint density at radius 2 is 1.03 bits per heavy atom. The Hall–Kier alpha value is -2.37. The monoisotopic (exact) mass is 858 g/mol. The van der Waals surface area contributed by atoms with Crippen LogP contribution >= 0.6 is 0 Å². The zero-order chi connectivity index (χ0) is 44.4. The van der Waals surface area contributed by atoms with Crippen molar-refractivity contribution in [3.8, 4) is 0 Å². The van der Waals surface area contributed by atoms with Crippen molar-refractivity contribution >= 4 is 5.91 Å². The minimum Gasteiger partial charge on any atom is -0.394 e. The molecular formula is C52H91NO8. The van der Waals surface area contributed by atoms with Crippen molar-refractivity contribution in [3.05, 3.63) is 72.9 Å². The van der Waals surface area contributed by atoms with Gasteiger partial charge < -0.3 is 40.3 Å². The summed E-state index contributed by atoms with van der Waals surface area (Å²) in [4.78, 5) is 13.0. The SMILES string of the molecule is CC/C=C\C/C=C\C/C=C\C/C=C\CCCCCCCCCCCCCCC(=O)NC(COC1OC(CO)C(O)C(O)C1O)C(O)/C=C/CC/C=C/CCCCCCCCC. The van der Waals surface area contributed by atoms with E-state index >= 15 is 0 Å². The highest BCUT2D eigenvalue weighted by Crippen LogP contribution is 2.22. The number of carbonyl (C=O) groups excluding carboxylic acids is 1. The average Bonchev–Trinajstić information content (AvgIpc) is 3.26. The lowest BCUT2D eigenvalue weighted by atomic mass is 9.99.